The minimum Gasteiger partial charge on any atom is -0.452 e. The lowest BCUT2D eigenvalue weighted by Gasteiger charge is -2.11. The van der Waals surface area contributed by atoms with Crippen LogP contribution in [0.5, 0.6) is 0 Å². The van der Waals surface area contributed by atoms with Gasteiger partial charge in [-0.3, -0.25) is 9.48 Å². The Labute approximate surface area is 165 Å². The molecule has 1 amide bonds. The van der Waals surface area contributed by atoms with Crippen LogP contribution in [0, 0.1) is 20.8 Å². The third-order valence-electron chi connectivity index (χ3n) is 4.92. The molecule has 1 atom stereocenters. The van der Waals surface area contributed by atoms with Gasteiger partial charge in [-0.15, -0.1) is 0 Å². The van der Waals surface area contributed by atoms with Gasteiger partial charge in [0.1, 0.15) is 5.56 Å². The molecule has 3 rings (SSSR count). The summed E-state index contributed by atoms with van der Waals surface area (Å²) in [6, 6.07) is 8.18. The number of aromatic nitrogens is 2. The highest BCUT2D eigenvalue weighted by Gasteiger charge is 2.21. The maximum atomic E-state index is 12.5. The molecular weight excluding hydrogens is 358 g/mol. The van der Waals surface area contributed by atoms with E-state index in [1.54, 1.807) is 11.6 Å². The maximum Gasteiger partial charge on any atom is 0.342 e. The zero-order valence-corrected chi connectivity index (χ0v) is 16.7. The highest BCUT2D eigenvalue weighted by Crippen LogP contribution is 2.16. The average Bonchev–Trinajstić information content (AvgIpc) is 3.28. The van der Waals surface area contributed by atoms with Gasteiger partial charge in [-0.05, 0) is 39.2 Å². The summed E-state index contributed by atoms with van der Waals surface area (Å²) >= 11 is 0. The third kappa shape index (κ3) is 4.98. The first-order chi connectivity index (χ1) is 13.4. The summed E-state index contributed by atoms with van der Waals surface area (Å²) in [5.74, 6) is -0.858. The molecule has 7 heteroatoms. The number of rotatable bonds is 7. The number of carbonyl (C=O) groups excluding carboxylic acids is 2. The Morgan fingerprint density at radius 2 is 2.00 bits per heavy atom. The van der Waals surface area contributed by atoms with Crippen molar-refractivity contribution >= 4 is 11.9 Å². The van der Waals surface area contributed by atoms with E-state index in [0.717, 1.165) is 30.7 Å². The minimum absolute atomic E-state index is 0.0594. The van der Waals surface area contributed by atoms with Crippen LogP contribution in [0.4, 0.5) is 0 Å². The fourth-order valence-electron chi connectivity index (χ4n) is 3.30. The van der Waals surface area contributed by atoms with Gasteiger partial charge >= 0.3 is 5.97 Å². The smallest absolute Gasteiger partial charge is 0.342 e. The molecule has 1 aliphatic heterocycles. The molecule has 0 radical (unpaired) electrons. The fraction of sp³-hybridized carbons (Fsp3) is 0.476. The highest BCUT2D eigenvalue weighted by atomic mass is 16.5. The Kier molecular flexibility index (Phi) is 6.46. The van der Waals surface area contributed by atoms with Crippen molar-refractivity contribution in [1.82, 2.24) is 15.1 Å². The van der Waals surface area contributed by atoms with E-state index in [1.807, 2.05) is 38.1 Å². The lowest BCUT2D eigenvalue weighted by molar-refractivity contribution is -0.124. The van der Waals surface area contributed by atoms with E-state index in [0.29, 0.717) is 24.3 Å². The maximum absolute atomic E-state index is 12.5. The summed E-state index contributed by atoms with van der Waals surface area (Å²) in [4.78, 5) is 24.4. The fourth-order valence-corrected chi connectivity index (χ4v) is 3.30. The third-order valence-corrected chi connectivity index (χ3v) is 4.92. The molecule has 1 fully saturated rings. The quantitative estimate of drug-likeness (QED) is 0.740. The van der Waals surface area contributed by atoms with E-state index in [9.17, 15) is 9.59 Å². The Morgan fingerprint density at radius 1 is 1.25 bits per heavy atom. The van der Waals surface area contributed by atoms with E-state index < -0.39 is 5.97 Å². The van der Waals surface area contributed by atoms with Crippen molar-refractivity contribution in [3.63, 3.8) is 0 Å². The summed E-state index contributed by atoms with van der Waals surface area (Å²) in [7, 11) is 0. The van der Waals surface area contributed by atoms with Crippen LogP contribution in [0.15, 0.2) is 24.3 Å². The number of nitrogens with one attached hydrogen (secondary N) is 1. The zero-order valence-electron chi connectivity index (χ0n) is 16.7. The molecule has 0 unspecified atom stereocenters. The first-order valence-corrected chi connectivity index (χ1v) is 9.59. The molecule has 150 valence electrons. The van der Waals surface area contributed by atoms with Crippen LogP contribution in [-0.2, 0) is 20.8 Å². The van der Waals surface area contributed by atoms with E-state index in [4.69, 9.17) is 9.47 Å². The van der Waals surface area contributed by atoms with Crippen LogP contribution in [-0.4, -0.2) is 47.5 Å². The molecule has 1 N–H and O–H groups in total. The van der Waals surface area contributed by atoms with Crippen molar-refractivity contribution in [2.24, 2.45) is 0 Å². The Hall–Kier alpha value is -2.67. The molecule has 1 aromatic carbocycles. The molecular formula is C21H27N3O4. The van der Waals surface area contributed by atoms with Gasteiger partial charge < -0.3 is 14.8 Å². The first kappa shape index (κ1) is 20.1. The Balaban J connectivity index is 1.56. The summed E-state index contributed by atoms with van der Waals surface area (Å²) < 4.78 is 12.4. The number of amides is 1. The van der Waals surface area contributed by atoms with E-state index in [-0.39, 0.29) is 18.6 Å². The largest absolute Gasteiger partial charge is 0.452 e. The van der Waals surface area contributed by atoms with Crippen LogP contribution in [0.2, 0.25) is 0 Å². The monoisotopic (exact) mass is 385 g/mol. The van der Waals surface area contributed by atoms with Crippen LogP contribution in [0.3, 0.4) is 0 Å². The standard InChI is InChI=1S/C21H27N3O4/c1-14-6-8-17(9-7-14)12-24-16(3)20(15(2)23-24)21(26)28-13-19(25)22-11-18-5-4-10-27-18/h6-9,18H,4-5,10-13H2,1-3H3,(H,22,25)/t18-/m0/s1. The minimum atomic E-state index is -0.530. The van der Waals surface area contributed by atoms with Gasteiger partial charge in [-0.2, -0.15) is 5.10 Å². The van der Waals surface area contributed by atoms with Gasteiger partial charge in [-0.1, -0.05) is 29.8 Å². The van der Waals surface area contributed by atoms with E-state index in [1.165, 1.54) is 5.56 Å². The number of nitrogens with zero attached hydrogens (tertiary/aromatic N) is 2. The zero-order chi connectivity index (χ0) is 20.1. The van der Waals surface area contributed by atoms with Crippen molar-refractivity contribution in [1.29, 1.82) is 0 Å². The van der Waals surface area contributed by atoms with Gasteiger partial charge in [-0.25, -0.2) is 4.79 Å². The summed E-state index contributed by atoms with van der Waals surface area (Å²) in [5, 5.41) is 7.20. The Morgan fingerprint density at radius 3 is 2.68 bits per heavy atom. The van der Waals surface area contributed by atoms with E-state index >= 15 is 0 Å². The van der Waals surface area contributed by atoms with Gasteiger partial charge in [0, 0.05) is 13.2 Å². The number of hydrogen-bond acceptors (Lipinski definition) is 5. The topological polar surface area (TPSA) is 82.5 Å². The van der Waals surface area contributed by atoms with Crippen molar-refractivity contribution in [3.8, 4) is 0 Å². The van der Waals surface area contributed by atoms with Gasteiger partial charge in [0.05, 0.1) is 24.0 Å². The lowest BCUT2D eigenvalue weighted by Crippen LogP contribution is -2.34. The predicted molar refractivity (Wildman–Crippen MR) is 104 cm³/mol. The van der Waals surface area contributed by atoms with Crippen LogP contribution >= 0.6 is 0 Å². The molecule has 2 aromatic rings. The molecule has 7 nitrogen and oxygen atoms in total. The summed E-state index contributed by atoms with van der Waals surface area (Å²) in [5.41, 5.74) is 4.03. The second-order valence-electron chi connectivity index (χ2n) is 7.20. The molecule has 0 bridgehead atoms. The van der Waals surface area contributed by atoms with Gasteiger partial charge in [0.2, 0.25) is 0 Å². The van der Waals surface area contributed by atoms with Crippen molar-refractivity contribution in [3.05, 3.63) is 52.3 Å². The molecule has 0 saturated carbocycles. The van der Waals surface area contributed by atoms with Crippen molar-refractivity contribution in [2.45, 2.75) is 46.3 Å². The normalized spacial score (nSPS) is 16.2. The van der Waals surface area contributed by atoms with Crippen LogP contribution < -0.4 is 5.32 Å². The number of esters is 1. The number of ether oxygens (including phenoxy) is 2. The van der Waals surface area contributed by atoms with Crippen molar-refractivity contribution in [2.75, 3.05) is 19.8 Å². The lowest BCUT2D eigenvalue weighted by atomic mass is 10.1. The first-order valence-electron chi connectivity index (χ1n) is 9.59. The molecule has 0 aliphatic carbocycles. The van der Waals surface area contributed by atoms with Gasteiger partial charge in [0.25, 0.3) is 5.91 Å². The number of benzene rings is 1. The van der Waals surface area contributed by atoms with Gasteiger partial charge in [0.15, 0.2) is 6.61 Å². The Bertz CT molecular complexity index is 836. The molecule has 1 aromatic heterocycles. The molecule has 28 heavy (non-hydrogen) atoms. The van der Waals surface area contributed by atoms with Crippen LogP contribution in [0.25, 0.3) is 0 Å². The van der Waals surface area contributed by atoms with Crippen molar-refractivity contribution < 1.29 is 19.1 Å². The number of carbonyl (C=O) groups is 2. The second-order valence-corrected chi connectivity index (χ2v) is 7.20. The predicted octanol–water partition coefficient (Wildman–Crippen LogP) is 2.31. The highest BCUT2D eigenvalue weighted by molar-refractivity contribution is 5.93. The molecule has 2 heterocycles. The summed E-state index contributed by atoms with van der Waals surface area (Å²) in [6.07, 6.45) is 2.02. The number of aryl methyl sites for hydroxylation is 2. The molecule has 1 saturated heterocycles. The average molecular weight is 385 g/mol. The molecule has 1 aliphatic rings. The molecule has 0 spiro atoms. The van der Waals surface area contributed by atoms with Crippen LogP contribution in [0.1, 0.15) is 45.7 Å². The SMILES string of the molecule is Cc1ccc(Cn2nc(C)c(C(=O)OCC(=O)NC[C@@H]3CCCO3)c2C)cc1. The second kappa shape index (κ2) is 9.01. The van der Waals surface area contributed by atoms with E-state index in [2.05, 4.69) is 10.4 Å². The summed E-state index contributed by atoms with van der Waals surface area (Å²) in [6.45, 7) is 7.09. The number of hydrogen-bond donors (Lipinski definition) is 1.